The first-order valence-corrected chi connectivity index (χ1v) is 9.81. The van der Waals surface area contributed by atoms with Crippen molar-refractivity contribution in [1.29, 1.82) is 0 Å². The summed E-state index contributed by atoms with van der Waals surface area (Å²) in [4.78, 5) is 25.2. The number of ether oxygens (including phenoxy) is 1. The van der Waals surface area contributed by atoms with E-state index in [9.17, 15) is 9.59 Å². The van der Waals surface area contributed by atoms with Crippen molar-refractivity contribution < 1.29 is 14.3 Å². The normalized spacial score (nSPS) is 10.6. The molecule has 0 aliphatic rings. The van der Waals surface area contributed by atoms with Gasteiger partial charge in [0.25, 0.3) is 0 Å². The lowest BCUT2D eigenvalue weighted by Gasteiger charge is -2.09. The van der Waals surface area contributed by atoms with Gasteiger partial charge in [0.1, 0.15) is 0 Å². The van der Waals surface area contributed by atoms with E-state index < -0.39 is 5.97 Å². The van der Waals surface area contributed by atoms with Crippen molar-refractivity contribution >= 4 is 51.7 Å². The van der Waals surface area contributed by atoms with E-state index in [1.807, 2.05) is 30.3 Å². The Hall–Kier alpha value is -2.50. The third kappa shape index (κ3) is 5.02. The number of hydrogen-bond donors (Lipinski definition) is 1. The van der Waals surface area contributed by atoms with Crippen LogP contribution in [0.5, 0.6) is 0 Å². The minimum absolute atomic E-state index is 0.162. The van der Waals surface area contributed by atoms with Gasteiger partial charge in [0, 0.05) is 10.6 Å². The number of rotatable bonds is 6. The van der Waals surface area contributed by atoms with E-state index in [1.165, 1.54) is 23.2 Å². The van der Waals surface area contributed by atoms with Crippen LogP contribution in [-0.4, -0.2) is 24.2 Å². The number of nitrogens with one attached hydrogen (secondary N) is 1. The van der Waals surface area contributed by atoms with Crippen LogP contribution in [0.2, 0.25) is 5.02 Å². The van der Waals surface area contributed by atoms with Crippen LogP contribution in [0, 0.1) is 0 Å². The molecule has 0 bridgehead atoms. The van der Waals surface area contributed by atoms with Crippen LogP contribution >= 0.6 is 23.4 Å². The lowest BCUT2D eigenvalue weighted by atomic mass is 10.1. The average molecular weight is 400 g/mol. The molecule has 0 unspecified atom stereocenters. The van der Waals surface area contributed by atoms with Gasteiger partial charge in [-0.15, -0.1) is 11.8 Å². The molecule has 3 aromatic rings. The van der Waals surface area contributed by atoms with E-state index in [1.54, 1.807) is 19.1 Å². The van der Waals surface area contributed by atoms with Gasteiger partial charge in [0.15, 0.2) is 0 Å². The van der Waals surface area contributed by atoms with Gasteiger partial charge in [-0.05, 0) is 48.0 Å². The van der Waals surface area contributed by atoms with Crippen LogP contribution in [0.4, 0.5) is 5.69 Å². The summed E-state index contributed by atoms with van der Waals surface area (Å²) in [5.74, 6) is -0.412. The second-order valence-corrected chi connectivity index (χ2v) is 7.22. The Bertz CT molecular complexity index is 990. The maximum absolute atomic E-state index is 12.3. The lowest BCUT2D eigenvalue weighted by molar-refractivity contribution is -0.113. The number of hydrogen-bond acceptors (Lipinski definition) is 4. The Morgan fingerprint density at radius 2 is 1.81 bits per heavy atom. The number of carbonyl (C=O) groups is 2. The molecule has 1 N–H and O–H groups in total. The number of fused-ring (bicyclic) bond motifs is 1. The van der Waals surface area contributed by atoms with Crippen molar-refractivity contribution in [3.63, 3.8) is 0 Å². The number of carbonyl (C=O) groups excluding carboxylic acids is 2. The zero-order valence-electron chi connectivity index (χ0n) is 14.7. The van der Waals surface area contributed by atoms with E-state index in [0.29, 0.717) is 5.69 Å². The highest BCUT2D eigenvalue weighted by molar-refractivity contribution is 8.00. The number of halogens is 1. The molecule has 0 aromatic heterocycles. The number of benzene rings is 3. The second kappa shape index (κ2) is 8.93. The molecule has 0 radical (unpaired) electrons. The SMILES string of the molecule is CCOC(=O)c1cc(NC(=O)CSc2ccc3ccccc3c2)ccc1Cl. The molecule has 138 valence electrons. The molecule has 0 saturated heterocycles. The fourth-order valence-corrected chi connectivity index (χ4v) is 3.51. The van der Waals surface area contributed by atoms with E-state index >= 15 is 0 Å². The highest BCUT2D eigenvalue weighted by Gasteiger charge is 2.13. The van der Waals surface area contributed by atoms with Crippen LogP contribution in [0.3, 0.4) is 0 Å². The van der Waals surface area contributed by atoms with Gasteiger partial charge >= 0.3 is 5.97 Å². The topological polar surface area (TPSA) is 55.4 Å². The summed E-state index contributed by atoms with van der Waals surface area (Å²) >= 11 is 7.49. The van der Waals surface area contributed by atoms with Gasteiger partial charge in [-0.25, -0.2) is 4.79 Å². The van der Waals surface area contributed by atoms with Crippen LogP contribution in [0.25, 0.3) is 10.8 Å². The molecule has 0 atom stereocenters. The maximum atomic E-state index is 12.3. The molecule has 0 spiro atoms. The van der Waals surface area contributed by atoms with E-state index in [0.717, 1.165) is 10.3 Å². The summed E-state index contributed by atoms with van der Waals surface area (Å²) in [5.41, 5.74) is 0.741. The van der Waals surface area contributed by atoms with Crippen molar-refractivity contribution in [2.75, 3.05) is 17.7 Å². The molecule has 0 aliphatic carbocycles. The zero-order chi connectivity index (χ0) is 19.2. The lowest BCUT2D eigenvalue weighted by Crippen LogP contribution is -2.15. The fraction of sp³-hybridized carbons (Fsp3) is 0.143. The van der Waals surface area contributed by atoms with Crippen molar-refractivity contribution in [2.24, 2.45) is 0 Å². The highest BCUT2D eigenvalue weighted by Crippen LogP contribution is 2.25. The molecule has 0 fully saturated rings. The Morgan fingerprint density at radius 3 is 2.59 bits per heavy atom. The molecular formula is C21H18ClNO3S. The quantitative estimate of drug-likeness (QED) is 0.445. The van der Waals surface area contributed by atoms with E-state index in [-0.39, 0.29) is 28.9 Å². The van der Waals surface area contributed by atoms with E-state index in [4.69, 9.17) is 16.3 Å². The Balaban J connectivity index is 1.63. The predicted octanol–water partition coefficient (Wildman–Crippen LogP) is 5.40. The van der Waals surface area contributed by atoms with Gasteiger partial charge in [-0.3, -0.25) is 4.79 Å². The van der Waals surface area contributed by atoms with Crippen LogP contribution in [-0.2, 0) is 9.53 Å². The summed E-state index contributed by atoms with van der Waals surface area (Å²) in [7, 11) is 0. The van der Waals surface area contributed by atoms with Gasteiger partial charge in [0.05, 0.1) is 22.9 Å². The first-order chi connectivity index (χ1) is 13.1. The minimum Gasteiger partial charge on any atom is -0.462 e. The third-order valence-electron chi connectivity index (χ3n) is 3.84. The summed E-state index contributed by atoms with van der Waals surface area (Å²) in [5, 5.41) is 5.38. The maximum Gasteiger partial charge on any atom is 0.339 e. The van der Waals surface area contributed by atoms with Gasteiger partial charge in [0.2, 0.25) is 5.91 Å². The second-order valence-electron chi connectivity index (χ2n) is 5.76. The standard InChI is InChI=1S/C21H18ClNO3S/c1-2-26-21(25)18-12-16(8-10-19(18)22)23-20(24)13-27-17-9-7-14-5-3-4-6-15(14)11-17/h3-12H,2,13H2,1H3,(H,23,24). The fourth-order valence-electron chi connectivity index (χ4n) is 2.57. The largest absolute Gasteiger partial charge is 0.462 e. The molecule has 27 heavy (non-hydrogen) atoms. The zero-order valence-corrected chi connectivity index (χ0v) is 16.3. The number of anilines is 1. The first kappa shape index (κ1) is 19.3. The first-order valence-electron chi connectivity index (χ1n) is 8.45. The van der Waals surface area contributed by atoms with Crippen molar-refractivity contribution in [3.05, 3.63) is 71.2 Å². The van der Waals surface area contributed by atoms with Crippen molar-refractivity contribution in [2.45, 2.75) is 11.8 Å². The van der Waals surface area contributed by atoms with Crippen LogP contribution < -0.4 is 5.32 Å². The molecule has 0 aliphatic heterocycles. The predicted molar refractivity (Wildman–Crippen MR) is 111 cm³/mol. The Kier molecular flexibility index (Phi) is 6.37. The molecule has 0 heterocycles. The summed E-state index contributed by atoms with van der Waals surface area (Å²) in [6, 6.07) is 18.9. The smallest absolute Gasteiger partial charge is 0.339 e. The average Bonchev–Trinajstić information content (AvgIpc) is 2.68. The monoisotopic (exact) mass is 399 g/mol. The van der Waals surface area contributed by atoms with Gasteiger partial charge < -0.3 is 10.1 Å². The molecule has 3 rings (SSSR count). The number of esters is 1. The van der Waals surface area contributed by atoms with Crippen LogP contribution in [0.1, 0.15) is 17.3 Å². The van der Waals surface area contributed by atoms with Crippen molar-refractivity contribution in [1.82, 2.24) is 0 Å². The molecule has 6 heteroatoms. The molecule has 1 amide bonds. The third-order valence-corrected chi connectivity index (χ3v) is 5.16. The summed E-state index contributed by atoms with van der Waals surface area (Å²) in [6.07, 6.45) is 0. The minimum atomic E-state index is -0.510. The van der Waals surface area contributed by atoms with Gasteiger partial charge in [-0.1, -0.05) is 41.9 Å². The molecule has 3 aromatic carbocycles. The van der Waals surface area contributed by atoms with Gasteiger partial charge in [-0.2, -0.15) is 0 Å². The van der Waals surface area contributed by atoms with Crippen LogP contribution in [0.15, 0.2) is 65.6 Å². The molecule has 0 saturated carbocycles. The Labute approximate surface area is 166 Å². The number of thioether (sulfide) groups is 1. The molecule has 4 nitrogen and oxygen atoms in total. The highest BCUT2D eigenvalue weighted by atomic mass is 35.5. The Morgan fingerprint density at radius 1 is 1.04 bits per heavy atom. The summed E-state index contributed by atoms with van der Waals surface area (Å²) < 4.78 is 4.97. The summed E-state index contributed by atoms with van der Waals surface area (Å²) in [6.45, 7) is 1.98. The molecular weight excluding hydrogens is 382 g/mol. The van der Waals surface area contributed by atoms with E-state index in [2.05, 4.69) is 17.4 Å². The van der Waals surface area contributed by atoms with Crippen molar-refractivity contribution in [3.8, 4) is 0 Å². The number of amides is 1.